The van der Waals surface area contributed by atoms with Crippen LogP contribution in [0, 0.1) is 5.82 Å². The van der Waals surface area contributed by atoms with Gasteiger partial charge in [0.25, 0.3) is 0 Å². The molecule has 4 rings (SSSR count). The topological polar surface area (TPSA) is 77.3 Å². The van der Waals surface area contributed by atoms with E-state index < -0.39 is 0 Å². The first-order valence-corrected chi connectivity index (χ1v) is 9.72. The molecule has 2 aromatic heterocycles. The van der Waals surface area contributed by atoms with Gasteiger partial charge < -0.3 is 19.8 Å². The summed E-state index contributed by atoms with van der Waals surface area (Å²) in [4.78, 5) is 13.2. The third-order valence-electron chi connectivity index (χ3n) is 4.16. The maximum absolute atomic E-state index is 13.2. The summed E-state index contributed by atoms with van der Waals surface area (Å²) < 4.78 is 19.6. The average molecular weight is 467 g/mol. The molecule has 0 radical (unpaired) electrons. The summed E-state index contributed by atoms with van der Waals surface area (Å²) in [5.74, 6) is -0.318. The number of hydrogen-bond donors (Lipinski definition) is 1. The zero-order valence-corrected chi connectivity index (χ0v) is 17.0. The minimum atomic E-state index is -0.318. The molecule has 0 bridgehead atoms. The van der Waals surface area contributed by atoms with Gasteiger partial charge in [0.2, 0.25) is 5.65 Å². The molecule has 1 atom stereocenters. The van der Waals surface area contributed by atoms with Gasteiger partial charge in [-0.1, -0.05) is 4.85 Å². The molecule has 0 spiro atoms. The predicted octanol–water partition coefficient (Wildman–Crippen LogP) is 2.25. The molecule has 1 N–H and O–H groups in total. The van der Waals surface area contributed by atoms with Crippen molar-refractivity contribution in [1.82, 2.24) is 25.0 Å². The van der Waals surface area contributed by atoms with E-state index in [1.54, 1.807) is 18.3 Å². The number of halogens is 2. The minimum Gasteiger partial charge on any atom is -0.391 e. The van der Waals surface area contributed by atoms with Crippen LogP contribution in [0.1, 0.15) is 0 Å². The van der Waals surface area contributed by atoms with Crippen LogP contribution in [0.25, 0.3) is 11.2 Å². The summed E-state index contributed by atoms with van der Waals surface area (Å²) in [7, 11) is 0. The van der Waals surface area contributed by atoms with Gasteiger partial charge in [-0.15, -0.1) is 5.10 Å². The first-order valence-electron chi connectivity index (χ1n) is 8.52. The molecule has 1 unspecified atom stereocenters. The number of pyridine rings is 1. The molecular weight excluding hydrogens is 451 g/mol. The molecule has 146 valence electrons. The monoisotopic (exact) mass is 466 g/mol. The number of rotatable bonds is 4. The molecule has 28 heavy (non-hydrogen) atoms. The summed E-state index contributed by atoms with van der Waals surface area (Å²) >= 11 is 8.83. The molecule has 1 aromatic carbocycles. The highest BCUT2D eigenvalue weighted by atomic mass is 79.9. The van der Waals surface area contributed by atoms with E-state index >= 15 is 0 Å². The number of nitrogens with one attached hydrogen (secondary N) is 1. The Morgan fingerprint density at radius 1 is 1.43 bits per heavy atom. The van der Waals surface area contributed by atoms with Crippen LogP contribution in [0.15, 0.2) is 41.0 Å². The first kappa shape index (κ1) is 19.0. The van der Waals surface area contributed by atoms with Gasteiger partial charge in [0.1, 0.15) is 24.0 Å². The van der Waals surface area contributed by atoms with E-state index in [-0.39, 0.29) is 18.5 Å². The Labute approximate surface area is 173 Å². The molecular formula is C17H16BrFN6O2S. The zero-order valence-electron chi connectivity index (χ0n) is 14.6. The van der Waals surface area contributed by atoms with Gasteiger partial charge in [0.15, 0.2) is 5.11 Å². The lowest BCUT2D eigenvalue weighted by Crippen LogP contribution is -2.49. The van der Waals surface area contributed by atoms with E-state index in [0.29, 0.717) is 46.1 Å². The van der Waals surface area contributed by atoms with Crippen molar-refractivity contribution in [1.29, 1.82) is 0 Å². The van der Waals surface area contributed by atoms with Gasteiger partial charge in [-0.2, -0.15) is 0 Å². The van der Waals surface area contributed by atoms with Gasteiger partial charge in [-0.05, 0) is 63.7 Å². The van der Waals surface area contributed by atoms with E-state index in [4.69, 9.17) is 21.8 Å². The van der Waals surface area contributed by atoms with Crippen LogP contribution in [0.2, 0.25) is 0 Å². The normalized spacial score (nSPS) is 16.9. The predicted molar refractivity (Wildman–Crippen MR) is 108 cm³/mol. The number of fused-ring (bicyclic) bond motifs is 1. The Balaban J connectivity index is 1.35. The largest absolute Gasteiger partial charge is 0.391 e. The fraction of sp³-hybridized carbons (Fsp3) is 0.294. The standard InChI is InChI=1S/C17H16BrFN6O2S/c18-13-8-11(19)3-4-14(13)21-17(28)24-6-7-26-12(9-24)10-27-25-16-15(22-23-25)2-1-5-20-16/h1-5,8,12H,6-7,9-10H2,(H,21,28). The highest BCUT2D eigenvalue weighted by Gasteiger charge is 2.24. The summed E-state index contributed by atoms with van der Waals surface area (Å²) in [5, 5.41) is 11.6. The number of benzene rings is 1. The first-order chi connectivity index (χ1) is 13.6. The highest BCUT2D eigenvalue weighted by molar-refractivity contribution is 9.10. The Morgan fingerprint density at radius 2 is 2.32 bits per heavy atom. The van der Waals surface area contributed by atoms with Crippen molar-refractivity contribution in [2.24, 2.45) is 0 Å². The molecule has 0 amide bonds. The molecule has 1 aliphatic heterocycles. The number of ether oxygens (including phenoxy) is 1. The van der Waals surface area contributed by atoms with Crippen LogP contribution in [0.3, 0.4) is 0 Å². The Bertz CT molecular complexity index is 1000. The fourth-order valence-electron chi connectivity index (χ4n) is 2.78. The van der Waals surface area contributed by atoms with Crippen molar-refractivity contribution in [3.05, 3.63) is 46.8 Å². The summed E-state index contributed by atoms with van der Waals surface area (Å²) in [5.41, 5.74) is 1.91. The van der Waals surface area contributed by atoms with Gasteiger partial charge in [-0.3, -0.25) is 0 Å². The number of morpholine rings is 1. The van der Waals surface area contributed by atoms with Gasteiger partial charge in [-0.25, -0.2) is 9.37 Å². The lowest BCUT2D eigenvalue weighted by Gasteiger charge is -2.34. The molecule has 0 saturated carbocycles. The van der Waals surface area contributed by atoms with Gasteiger partial charge in [0.05, 0.1) is 12.3 Å². The van der Waals surface area contributed by atoms with Crippen LogP contribution >= 0.6 is 28.1 Å². The van der Waals surface area contributed by atoms with Crippen molar-refractivity contribution >= 4 is 50.1 Å². The van der Waals surface area contributed by atoms with Crippen LogP contribution in [-0.4, -0.2) is 62.6 Å². The second kappa shape index (κ2) is 8.33. The zero-order chi connectivity index (χ0) is 19.5. The molecule has 1 aliphatic rings. The molecule has 8 nitrogen and oxygen atoms in total. The third kappa shape index (κ3) is 4.21. The number of anilines is 1. The highest BCUT2D eigenvalue weighted by Crippen LogP contribution is 2.23. The molecule has 1 saturated heterocycles. The second-order valence-electron chi connectivity index (χ2n) is 6.10. The Hall–Kier alpha value is -2.37. The molecule has 11 heteroatoms. The average Bonchev–Trinajstić information content (AvgIpc) is 3.12. The molecule has 0 aliphatic carbocycles. The smallest absolute Gasteiger partial charge is 0.219 e. The van der Waals surface area contributed by atoms with Gasteiger partial charge in [0, 0.05) is 23.8 Å². The van der Waals surface area contributed by atoms with Crippen molar-refractivity contribution in [3.8, 4) is 0 Å². The summed E-state index contributed by atoms with van der Waals surface area (Å²) in [6, 6.07) is 8.00. The maximum Gasteiger partial charge on any atom is 0.219 e. The van der Waals surface area contributed by atoms with Crippen LogP contribution in [-0.2, 0) is 4.74 Å². The van der Waals surface area contributed by atoms with E-state index in [1.165, 1.54) is 17.0 Å². The quantitative estimate of drug-likeness (QED) is 0.586. The summed E-state index contributed by atoms with van der Waals surface area (Å²) in [6.45, 7) is 1.98. The minimum absolute atomic E-state index is 0.201. The summed E-state index contributed by atoms with van der Waals surface area (Å²) in [6.07, 6.45) is 1.45. The number of aromatic nitrogens is 4. The number of hydrogen-bond acceptors (Lipinski definition) is 6. The van der Waals surface area contributed by atoms with E-state index in [9.17, 15) is 4.39 Å². The van der Waals surface area contributed by atoms with Crippen LogP contribution in [0.5, 0.6) is 0 Å². The van der Waals surface area contributed by atoms with E-state index in [1.807, 2.05) is 11.0 Å². The maximum atomic E-state index is 13.2. The van der Waals surface area contributed by atoms with Crippen molar-refractivity contribution < 1.29 is 14.0 Å². The van der Waals surface area contributed by atoms with Gasteiger partial charge >= 0.3 is 0 Å². The SMILES string of the molecule is Fc1ccc(NC(=S)N2CCOC(COn3nnc4cccnc43)C2)c(Br)c1. The molecule has 1 fully saturated rings. The third-order valence-corrected chi connectivity index (χ3v) is 5.18. The Kier molecular flexibility index (Phi) is 5.64. The molecule has 3 aromatic rings. The number of nitrogens with zero attached hydrogens (tertiary/aromatic N) is 5. The van der Waals surface area contributed by atoms with E-state index in [0.717, 1.165) is 0 Å². The van der Waals surface area contributed by atoms with Crippen LogP contribution < -0.4 is 10.2 Å². The number of thiocarbonyl (C=S) groups is 1. The fourth-order valence-corrected chi connectivity index (χ4v) is 3.50. The van der Waals surface area contributed by atoms with E-state index in [2.05, 4.69) is 36.5 Å². The second-order valence-corrected chi connectivity index (χ2v) is 7.34. The van der Waals surface area contributed by atoms with Crippen LogP contribution in [0.4, 0.5) is 10.1 Å². The lowest BCUT2D eigenvalue weighted by molar-refractivity contribution is -0.0609. The Morgan fingerprint density at radius 3 is 3.18 bits per heavy atom. The van der Waals surface area contributed by atoms with Crippen molar-refractivity contribution in [3.63, 3.8) is 0 Å². The van der Waals surface area contributed by atoms with Crippen molar-refractivity contribution in [2.45, 2.75) is 6.10 Å². The van der Waals surface area contributed by atoms with Crippen molar-refractivity contribution in [2.75, 3.05) is 31.6 Å². The lowest BCUT2D eigenvalue weighted by atomic mass is 10.3. The molecule has 3 heterocycles.